The van der Waals surface area contributed by atoms with Crippen LogP contribution in [-0.4, -0.2) is 19.2 Å². The lowest BCUT2D eigenvalue weighted by molar-refractivity contribution is -0.00432. The van der Waals surface area contributed by atoms with Crippen LogP contribution in [0, 0.1) is 11.6 Å². The molecule has 0 amide bonds. The van der Waals surface area contributed by atoms with Gasteiger partial charge in [0.2, 0.25) is 0 Å². The summed E-state index contributed by atoms with van der Waals surface area (Å²) in [5.74, 6) is -0.554. The van der Waals surface area contributed by atoms with Gasteiger partial charge < -0.3 is 10.1 Å². The van der Waals surface area contributed by atoms with E-state index in [-0.39, 0.29) is 23.8 Å². The zero-order chi connectivity index (χ0) is 15.4. The van der Waals surface area contributed by atoms with E-state index in [1.165, 1.54) is 24.3 Å². The molecule has 0 saturated carbocycles. The lowest BCUT2D eigenvalue weighted by atomic mass is 10.0. The molecule has 4 heteroatoms. The van der Waals surface area contributed by atoms with Gasteiger partial charge in [0.15, 0.2) is 0 Å². The molecular weight excluding hydrogens is 284 g/mol. The molecule has 0 bridgehead atoms. The molecule has 1 aliphatic rings. The van der Waals surface area contributed by atoms with E-state index in [9.17, 15) is 8.78 Å². The summed E-state index contributed by atoms with van der Waals surface area (Å²) in [4.78, 5) is 0. The first kappa shape index (κ1) is 15.1. The Bertz CT molecular complexity index is 546. The highest BCUT2D eigenvalue weighted by atomic mass is 19.1. The Balaban J connectivity index is 1.86. The molecule has 0 unspecified atom stereocenters. The topological polar surface area (TPSA) is 21.3 Å². The molecule has 0 radical (unpaired) electrons. The average molecular weight is 303 g/mol. The van der Waals surface area contributed by atoms with Crippen LogP contribution in [0.25, 0.3) is 0 Å². The number of nitrogens with one attached hydrogen (secondary N) is 1. The molecule has 1 saturated heterocycles. The van der Waals surface area contributed by atoms with Gasteiger partial charge in [-0.1, -0.05) is 24.3 Å². The van der Waals surface area contributed by atoms with Crippen molar-refractivity contribution in [2.45, 2.75) is 25.0 Å². The van der Waals surface area contributed by atoms with Crippen molar-refractivity contribution < 1.29 is 13.5 Å². The molecule has 0 spiro atoms. The van der Waals surface area contributed by atoms with Crippen LogP contribution in [0.15, 0.2) is 48.5 Å². The number of ether oxygens (including phenoxy) is 1. The summed E-state index contributed by atoms with van der Waals surface area (Å²) < 4.78 is 32.6. The maximum atomic E-state index is 13.2. The van der Waals surface area contributed by atoms with Gasteiger partial charge in [0, 0.05) is 6.54 Å². The van der Waals surface area contributed by atoms with Gasteiger partial charge in [-0.2, -0.15) is 0 Å². The Hall–Kier alpha value is -1.78. The smallest absolute Gasteiger partial charge is 0.123 e. The van der Waals surface area contributed by atoms with E-state index in [4.69, 9.17) is 4.74 Å². The molecule has 0 aromatic heterocycles. The van der Waals surface area contributed by atoms with Crippen molar-refractivity contribution in [2.75, 3.05) is 13.1 Å². The maximum Gasteiger partial charge on any atom is 0.123 e. The number of hydrogen-bond donors (Lipinski definition) is 1. The van der Waals surface area contributed by atoms with Crippen LogP contribution in [0.3, 0.4) is 0 Å². The zero-order valence-electron chi connectivity index (χ0n) is 12.3. The van der Waals surface area contributed by atoms with Gasteiger partial charge in [0.05, 0.1) is 6.10 Å². The van der Waals surface area contributed by atoms with Crippen LogP contribution in [0.1, 0.15) is 30.1 Å². The largest absolute Gasteiger partial charge is 0.364 e. The number of benzene rings is 2. The van der Waals surface area contributed by atoms with Gasteiger partial charge in [0.25, 0.3) is 0 Å². The van der Waals surface area contributed by atoms with E-state index in [0.717, 1.165) is 37.1 Å². The van der Waals surface area contributed by atoms with Crippen molar-refractivity contribution in [3.8, 4) is 0 Å². The Labute approximate surface area is 129 Å². The molecule has 2 aromatic rings. The molecular formula is C18H19F2NO. The fraction of sp³-hybridized carbons (Fsp3) is 0.333. The summed E-state index contributed by atoms with van der Waals surface area (Å²) in [6.07, 6.45) is 1.86. The first-order valence-corrected chi connectivity index (χ1v) is 7.59. The van der Waals surface area contributed by atoms with Crippen LogP contribution in [0.4, 0.5) is 8.78 Å². The van der Waals surface area contributed by atoms with Crippen LogP contribution < -0.4 is 5.32 Å². The molecule has 3 rings (SSSR count). The molecule has 2 aromatic carbocycles. The highest BCUT2D eigenvalue weighted by Gasteiger charge is 2.22. The normalized spacial score (nSPS) is 18.6. The number of rotatable bonds is 4. The molecule has 116 valence electrons. The Morgan fingerprint density at radius 1 is 0.909 bits per heavy atom. The van der Waals surface area contributed by atoms with Crippen molar-refractivity contribution in [1.82, 2.24) is 5.32 Å². The van der Waals surface area contributed by atoms with Crippen LogP contribution in [-0.2, 0) is 4.74 Å². The predicted molar refractivity (Wildman–Crippen MR) is 81.6 cm³/mol. The third-order valence-corrected chi connectivity index (χ3v) is 3.93. The standard InChI is InChI=1S/C18H19F2NO/c19-15-7-3-13(4-8-15)18(14-5-9-16(20)10-6-14)22-17-2-1-11-21-12-17/h3-10,17-18,21H,1-2,11-12H2/t17-/m1/s1. The van der Waals surface area contributed by atoms with Crippen LogP contribution >= 0.6 is 0 Å². The van der Waals surface area contributed by atoms with Crippen LogP contribution in [0.5, 0.6) is 0 Å². The highest BCUT2D eigenvalue weighted by Crippen LogP contribution is 2.29. The number of hydrogen-bond acceptors (Lipinski definition) is 2. The third-order valence-electron chi connectivity index (χ3n) is 3.93. The molecule has 1 aliphatic heterocycles. The van der Waals surface area contributed by atoms with Gasteiger partial charge in [-0.3, -0.25) is 0 Å². The summed E-state index contributed by atoms with van der Waals surface area (Å²) in [5, 5.41) is 3.32. The summed E-state index contributed by atoms with van der Waals surface area (Å²) in [5.41, 5.74) is 1.75. The molecule has 0 aliphatic carbocycles. The lowest BCUT2D eigenvalue weighted by Gasteiger charge is -2.28. The summed E-state index contributed by atoms with van der Waals surface area (Å²) in [6.45, 7) is 1.82. The lowest BCUT2D eigenvalue weighted by Crippen LogP contribution is -2.36. The quantitative estimate of drug-likeness (QED) is 0.927. The molecule has 2 nitrogen and oxygen atoms in total. The van der Waals surface area contributed by atoms with Crippen molar-refractivity contribution in [1.29, 1.82) is 0 Å². The average Bonchev–Trinajstić information content (AvgIpc) is 2.56. The van der Waals surface area contributed by atoms with Crippen LogP contribution in [0.2, 0.25) is 0 Å². The minimum atomic E-state index is -0.314. The van der Waals surface area contributed by atoms with Crippen molar-refractivity contribution in [3.05, 3.63) is 71.3 Å². The fourth-order valence-electron chi connectivity index (χ4n) is 2.75. The van der Waals surface area contributed by atoms with Gasteiger partial charge in [0.1, 0.15) is 17.7 Å². The van der Waals surface area contributed by atoms with E-state index < -0.39 is 0 Å². The minimum absolute atomic E-state index is 0.105. The number of halogens is 2. The molecule has 1 fully saturated rings. The highest BCUT2D eigenvalue weighted by molar-refractivity contribution is 5.30. The fourth-order valence-corrected chi connectivity index (χ4v) is 2.75. The monoisotopic (exact) mass is 303 g/mol. The van der Waals surface area contributed by atoms with Gasteiger partial charge in [-0.15, -0.1) is 0 Å². The second-order valence-corrected chi connectivity index (χ2v) is 5.59. The Morgan fingerprint density at radius 2 is 1.45 bits per heavy atom. The van der Waals surface area contributed by atoms with Crippen molar-refractivity contribution in [3.63, 3.8) is 0 Å². The summed E-state index contributed by atoms with van der Waals surface area (Å²) in [6, 6.07) is 12.6. The number of piperidine rings is 1. The Kier molecular flexibility index (Phi) is 4.80. The SMILES string of the molecule is Fc1ccc(C(O[C@@H]2CCCNC2)c2ccc(F)cc2)cc1. The molecule has 22 heavy (non-hydrogen) atoms. The van der Waals surface area contributed by atoms with E-state index in [1.807, 2.05) is 0 Å². The van der Waals surface area contributed by atoms with E-state index >= 15 is 0 Å². The van der Waals surface area contributed by atoms with E-state index in [0.29, 0.717) is 0 Å². The first-order valence-electron chi connectivity index (χ1n) is 7.59. The minimum Gasteiger partial charge on any atom is -0.364 e. The second-order valence-electron chi connectivity index (χ2n) is 5.59. The molecule has 1 heterocycles. The predicted octanol–water partition coefficient (Wildman–Crippen LogP) is 3.82. The van der Waals surface area contributed by atoms with Crippen molar-refractivity contribution in [2.24, 2.45) is 0 Å². The van der Waals surface area contributed by atoms with E-state index in [1.54, 1.807) is 24.3 Å². The molecule has 1 N–H and O–H groups in total. The van der Waals surface area contributed by atoms with Crippen molar-refractivity contribution >= 4 is 0 Å². The summed E-state index contributed by atoms with van der Waals surface area (Å²) in [7, 11) is 0. The van der Waals surface area contributed by atoms with E-state index in [2.05, 4.69) is 5.32 Å². The second kappa shape index (κ2) is 6.99. The van der Waals surface area contributed by atoms with Gasteiger partial charge in [-0.25, -0.2) is 8.78 Å². The summed E-state index contributed by atoms with van der Waals surface area (Å²) >= 11 is 0. The van der Waals surface area contributed by atoms with Gasteiger partial charge >= 0.3 is 0 Å². The third kappa shape index (κ3) is 3.70. The zero-order valence-corrected chi connectivity index (χ0v) is 12.3. The Morgan fingerprint density at radius 3 is 1.91 bits per heavy atom. The van der Waals surface area contributed by atoms with Gasteiger partial charge in [-0.05, 0) is 54.8 Å². The first-order chi connectivity index (χ1) is 10.7. The maximum absolute atomic E-state index is 13.2. The molecule has 1 atom stereocenters.